The molecule has 0 fully saturated rings. The Morgan fingerprint density at radius 1 is 1.25 bits per heavy atom. The molecule has 0 saturated carbocycles. The summed E-state index contributed by atoms with van der Waals surface area (Å²) >= 11 is 6.09. The summed E-state index contributed by atoms with van der Waals surface area (Å²) < 4.78 is 4.64. The highest BCUT2D eigenvalue weighted by molar-refractivity contribution is 6.33. The minimum Gasteiger partial charge on any atom is -0.507 e. The average molecular weight is 291 g/mol. The van der Waals surface area contributed by atoms with Gasteiger partial charge in [-0.15, -0.1) is 0 Å². The van der Waals surface area contributed by atoms with Crippen LogP contribution in [0.25, 0.3) is 11.1 Å². The minimum absolute atomic E-state index is 0.155. The van der Waals surface area contributed by atoms with Crippen molar-refractivity contribution in [2.45, 2.75) is 0 Å². The Labute approximate surface area is 120 Å². The molecule has 0 heterocycles. The number of ether oxygens (including phenoxy) is 1. The minimum atomic E-state index is -0.506. The maximum Gasteiger partial charge on any atom is 0.337 e. The first-order valence-corrected chi connectivity index (χ1v) is 6.11. The maximum absolute atomic E-state index is 11.5. The van der Waals surface area contributed by atoms with E-state index < -0.39 is 5.97 Å². The molecule has 0 amide bonds. The lowest BCUT2D eigenvalue weighted by molar-refractivity contribution is 0.0600. The van der Waals surface area contributed by atoms with Gasteiger partial charge in [0.15, 0.2) is 6.29 Å². The number of esters is 1. The number of benzene rings is 2. The highest BCUT2D eigenvalue weighted by Crippen LogP contribution is 2.36. The third-order valence-corrected chi connectivity index (χ3v) is 3.20. The molecule has 2 aromatic rings. The number of rotatable bonds is 3. The van der Waals surface area contributed by atoms with Crippen LogP contribution in [0.5, 0.6) is 5.75 Å². The number of aromatic hydroxyl groups is 1. The van der Waals surface area contributed by atoms with Gasteiger partial charge in [-0.1, -0.05) is 23.7 Å². The number of methoxy groups -OCH3 is 1. The molecule has 0 bridgehead atoms. The Kier molecular flexibility index (Phi) is 4.05. The predicted octanol–water partition coefficient (Wildman–Crippen LogP) is 3.31. The SMILES string of the molecule is COC(=O)c1ccc(Cl)c(-c2cccc(C=O)c2O)c1. The Balaban J connectivity index is 2.63. The van der Waals surface area contributed by atoms with Crippen LogP contribution in [0.3, 0.4) is 0 Å². The third-order valence-electron chi connectivity index (χ3n) is 2.87. The molecule has 0 spiro atoms. The van der Waals surface area contributed by atoms with Crippen molar-refractivity contribution in [1.29, 1.82) is 0 Å². The fourth-order valence-electron chi connectivity index (χ4n) is 1.85. The van der Waals surface area contributed by atoms with E-state index in [1.165, 1.54) is 31.4 Å². The highest BCUT2D eigenvalue weighted by Gasteiger charge is 2.14. The topological polar surface area (TPSA) is 63.6 Å². The lowest BCUT2D eigenvalue weighted by atomic mass is 10.00. The van der Waals surface area contributed by atoms with Crippen LogP contribution in [-0.2, 0) is 4.74 Å². The predicted molar refractivity (Wildman–Crippen MR) is 75.3 cm³/mol. The van der Waals surface area contributed by atoms with Crippen LogP contribution in [-0.4, -0.2) is 24.5 Å². The molecule has 2 aromatic carbocycles. The van der Waals surface area contributed by atoms with Crippen LogP contribution in [0, 0.1) is 0 Å². The van der Waals surface area contributed by atoms with Crippen LogP contribution in [0.4, 0.5) is 0 Å². The molecule has 0 aliphatic carbocycles. The summed E-state index contributed by atoms with van der Waals surface area (Å²) in [5.74, 6) is -0.680. The molecule has 2 rings (SSSR count). The zero-order chi connectivity index (χ0) is 14.7. The van der Waals surface area contributed by atoms with Gasteiger partial charge in [0.25, 0.3) is 0 Å². The van der Waals surface area contributed by atoms with E-state index in [1.54, 1.807) is 12.1 Å². The third kappa shape index (κ3) is 2.51. The summed E-state index contributed by atoms with van der Waals surface area (Å²) in [5, 5.41) is 10.4. The van der Waals surface area contributed by atoms with E-state index in [-0.39, 0.29) is 11.3 Å². The number of para-hydroxylation sites is 1. The molecule has 0 aromatic heterocycles. The van der Waals surface area contributed by atoms with Gasteiger partial charge < -0.3 is 9.84 Å². The van der Waals surface area contributed by atoms with Crippen LogP contribution in [0.1, 0.15) is 20.7 Å². The van der Waals surface area contributed by atoms with Gasteiger partial charge in [0.1, 0.15) is 5.75 Å². The van der Waals surface area contributed by atoms with Gasteiger partial charge in [0.05, 0.1) is 18.2 Å². The van der Waals surface area contributed by atoms with E-state index in [1.807, 2.05) is 0 Å². The zero-order valence-corrected chi connectivity index (χ0v) is 11.3. The van der Waals surface area contributed by atoms with Gasteiger partial charge in [-0.05, 0) is 24.3 Å². The molecule has 0 atom stereocenters. The standard InChI is InChI=1S/C15H11ClO4/c1-20-15(19)9-5-6-13(16)12(7-9)11-4-2-3-10(8-17)14(11)18/h2-8,18H,1H3. The number of carbonyl (C=O) groups excluding carboxylic acids is 2. The monoisotopic (exact) mass is 290 g/mol. The molecule has 0 radical (unpaired) electrons. The van der Waals surface area contributed by atoms with Crippen molar-refractivity contribution in [3.63, 3.8) is 0 Å². The van der Waals surface area contributed by atoms with Gasteiger partial charge in [-0.25, -0.2) is 4.79 Å². The normalized spacial score (nSPS) is 10.1. The van der Waals surface area contributed by atoms with Crippen molar-refractivity contribution in [3.05, 3.63) is 52.5 Å². The van der Waals surface area contributed by atoms with Crippen LogP contribution in [0.2, 0.25) is 5.02 Å². The fourth-order valence-corrected chi connectivity index (χ4v) is 2.07. The Hall–Kier alpha value is -2.33. The Morgan fingerprint density at radius 2 is 2.00 bits per heavy atom. The lowest BCUT2D eigenvalue weighted by Crippen LogP contribution is -2.01. The lowest BCUT2D eigenvalue weighted by Gasteiger charge is -2.10. The Bertz CT molecular complexity index is 680. The summed E-state index contributed by atoms with van der Waals surface area (Å²) in [4.78, 5) is 22.4. The molecule has 0 aliphatic heterocycles. The van der Waals surface area contributed by atoms with E-state index in [4.69, 9.17) is 11.6 Å². The van der Waals surface area contributed by atoms with Gasteiger partial charge >= 0.3 is 5.97 Å². The van der Waals surface area contributed by atoms with Gasteiger partial charge in [-0.2, -0.15) is 0 Å². The quantitative estimate of drug-likeness (QED) is 0.696. The first kappa shape index (κ1) is 14.1. The van der Waals surface area contributed by atoms with Crippen molar-refractivity contribution < 1.29 is 19.4 Å². The Morgan fingerprint density at radius 3 is 2.65 bits per heavy atom. The number of carbonyl (C=O) groups is 2. The average Bonchev–Trinajstić information content (AvgIpc) is 2.47. The first-order chi connectivity index (χ1) is 9.58. The summed E-state index contributed by atoms with van der Waals surface area (Å²) in [6, 6.07) is 9.31. The van der Waals surface area contributed by atoms with E-state index in [0.29, 0.717) is 28.0 Å². The molecular formula is C15H11ClO4. The second-order valence-corrected chi connectivity index (χ2v) is 4.45. The molecule has 0 saturated heterocycles. The number of aldehydes is 1. The number of halogens is 1. The van der Waals surface area contributed by atoms with Crippen LogP contribution < -0.4 is 0 Å². The van der Waals surface area contributed by atoms with E-state index >= 15 is 0 Å². The van der Waals surface area contributed by atoms with E-state index in [0.717, 1.165) is 0 Å². The van der Waals surface area contributed by atoms with Crippen molar-refractivity contribution in [2.75, 3.05) is 7.11 Å². The van der Waals surface area contributed by atoms with Crippen molar-refractivity contribution in [3.8, 4) is 16.9 Å². The van der Waals surface area contributed by atoms with Gasteiger partial charge in [0.2, 0.25) is 0 Å². The van der Waals surface area contributed by atoms with E-state index in [2.05, 4.69) is 4.74 Å². The number of hydrogen-bond acceptors (Lipinski definition) is 4. The largest absolute Gasteiger partial charge is 0.507 e. The summed E-state index contributed by atoms with van der Waals surface area (Å²) in [6.07, 6.45) is 0.552. The molecule has 5 heteroatoms. The number of phenols is 1. The summed E-state index contributed by atoms with van der Waals surface area (Å²) in [7, 11) is 1.28. The summed E-state index contributed by atoms with van der Waals surface area (Å²) in [5.41, 5.74) is 1.30. The molecule has 4 nitrogen and oxygen atoms in total. The van der Waals surface area contributed by atoms with Crippen LogP contribution in [0.15, 0.2) is 36.4 Å². The van der Waals surface area contributed by atoms with Crippen molar-refractivity contribution in [2.24, 2.45) is 0 Å². The molecule has 0 unspecified atom stereocenters. The van der Waals surface area contributed by atoms with Crippen molar-refractivity contribution >= 4 is 23.9 Å². The number of phenolic OH excluding ortho intramolecular Hbond substituents is 1. The van der Waals surface area contributed by atoms with E-state index in [9.17, 15) is 14.7 Å². The van der Waals surface area contributed by atoms with Gasteiger partial charge in [-0.3, -0.25) is 4.79 Å². The second kappa shape index (κ2) is 5.75. The summed E-state index contributed by atoms with van der Waals surface area (Å²) in [6.45, 7) is 0. The second-order valence-electron chi connectivity index (χ2n) is 4.05. The molecule has 0 aliphatic rings. The smallest absolute Gasteiger partial charge is 0.337 e. The molecule has 1 N–H and O–H groups in total. The molecule has 20 heavy (non-hydrogen) atoms. The highest BCUT2D eigenvalue weighted by atomic mass is 35.5. The fraction of sp³-hybridized carbons (Fsp3) is 0.0667. The number of hydrogen-bond donors (Lipinski definition) is 1. The van der Waals surface area contributed by atoms with Gasteiger partial charge in [0, 0.05) is 16.1 Å². The van der Waals surface area contributed by atoms with Crippen LogP contribution >= 0.6 is 11.6 Å². The first-order valence-electron chi connectivity index (χ1n) is 5.74. The van der Waals surface area contributed by atoms with Crippen molar-refractivity contribution in [1.82, 2.24) is 0 Å². The molecule has 102 valence electrons. The maximum atomic E-state index is 11.5. The zero-order valence-electron chi connectivity index (χ0n) is 10.6. The molecular weight excluding hydrogens is 280 g/mol.